The molecule has 0 N–H and O–H groups in total. The van der Waals surface area contributed by atoms with Crippen LogP contribution in [0.25, 0.3) is 45.1 Å². The number of furan rings is 2. The van der Waals surface area contributed by atoms with Gasteiger partial charge in [-0.1, -0.05) is 0 Å². The maximum absolute atomic E-state index is 7.41. The van der Waals surface area contributed by atoms with E-state index in [0.29, 0.717) is 0 Å². The molecule has 0 aliphatic heterocycles. The molecule has 0 atom stereocenters. The number of rotatable bonds is 15. The predicted octanol–water partition coefficient (Wildman–Crippen LogP) is 13.5. The monoisotopic (exact) mass is 766 g/mol. The fourth-order valence-corrected chi connectivity index (χ4v) is 22.6. The van der Waals surface area contributed by atoms with Crippen LogP contribution in [0.2, 0.25) is 13.3 Å². The van der Waals surface area contributed by atoms with Gasteiger partial charge in [0.05, 0.1) is 0 Å². The summed E-state index contributed by atoms with van der Waals surface area (Å²) in [6, 6.07) is 28.8. The van der Waals surface area contributed by atoms with E-state index in [1.807, 2.05) is 0 Å². The van der Waals surface area contributed by atoms with Gasteiger partial charge in [0.15, 0.2) is 0 Å². The zero-order chi connectivity index (χ0) is 35.2. The molecule has 0 aliphatic carbocycles. The molecule has 2 heterocycles. The minimum absolute atomic E-state index is 0.0840. The number of unbranched alkanes of at least 4 members (excludes halogenated alkanes) is 3. The van der Waals surface area contributed by atoms with Crippen molar-refractivity contribution >= 4 is 22.2 Å². The summed E-state index contributed by atoms with van der Waals surface area (Å²) in [6.07, 6.45) is 7.53. The Balaban J connectivity index is 1.78. The number of benzene rings is 3. The van der Waals surface area contributed by atoms with E-state index >= 15 is 0 Å². The molecule has 0 bridgehead atoms. The van der Waals surface area contributed by atoms with E-state index in [9.17, 15) is 0 Å². The van der Waals surface area contributed by atoms with Gasteiger partial charge in [-0.05, 0) is 0 Å². The summed E-state index contributed by atoms with van der Waals surface area (Å²) >= 11 is -2.94. The minimum atomic E-state index is -2.94. The Morgan fingerprint density at radius 1 is 0.592 bits per heavy atom. The topological polar surface area (TPSA) is 35.5 Å². The molecule has 5 aromatic rings. The summed E-state index contributed by atoms with van der Waals surface area (Å²) in [6.45, 7) is 18.1. The van der Waals surface area contributed by atoms with E-state index in [0.717, 1.165) is 50.8 Å². The van der Waals surface area contributed by atoms with Crippen LogP contribution in [-0.2, 0) is 5.41 Å². The Hall–Kier alpha value is -3.18. The van der Waals surface area contributed by atoms with Crippen LogP contribution in [0.3, 0.4) is 0 Å². The predicted molar refractivity (Wildman–Crippen MR) is 212 cm³/mol. The van der Waals surface area contributed by atoms with Crippen molar-refractivity contribution in [2.24, 2.45) is 0 Å². The third-order valence-corrected chi connectivity index (χ3v) is 25.1. The summed E-state index contributed by atoms with van der Waals surface area (Å²) in [5.74, 6) is 3.52. The number of hydrogen-bond acceptors (Lipinski definition) is 3. The third kappa shape index (κ3) is 8.59. The molecular weight excluding hydrogens is 707 g/mol. The van der Waals surface area contributed by atoms with Crippen LogP contribution in [0, 0.1) is 13.8 Å². The first-order valence-electron chi connectivity index (χ1n) is 18.6. The average molecular weight is 766 g/mol. The van der Waals surface area contributed by atoms with E-state index in [2.05, 4.69) is 134 Å². The molecule has 0 fully saturated rings. The Kier molecular flexibility index (Phi) is 12.3. The van der Waals surface area contributed by atoms with Gasteiger partial charge < -0.3 is 0 Å². The second-order valence-corrected chi connectivity index (χ2v) is 28.2. The Morgan fingerprint density at radius 3 is 1.65 bits per heavy atom. The molecule has 0 unspecified atom stereocenters. The van der Waals surface area contributed by atoms with Crippen LogP contribution in [-0.4, -0.2) is 25.5 Å². The van der Waals surface area contributed by atoms with Crippen molar-refractivity contribution in [2.45, 2.75) is 113 Å². The molecule has 0 radical (unpaired) electrons. The van der Waals surface area contributed by atoms with E-state index in [4.69, 9.17) is 13.6 Å². The van der Waals surface area contributed by atoms with Crippen LogP contribution in [0.4, 0.5) is 0 Å². The molecule has 2 aromatic heterocycles. The van der Waals surface area contributed by atoms with Gasteiger partial charge >= 0.3 is 302 Å². The number of ether oxygens (including phenoxy) is 1. The van der Waals surface area contributed by atoms with E-state index in [-0.39, 0.29) is 5.41 Å². The van der Waals surface area contributed by atoms with E-state index < -0.39 is 18.4 Å². The molecule has 4 heteroatoms. The van der Waals surface area contributed by atoms with Gasteiger partial charge in [0.25, 0.3) is 0 Å². The molecule has 0 amide bonds. The van der Waals surface area contributed by atoms with Crippen molar-refractivity contribution in [3.05, 3.63) is 95.6 Å². The van der Waals surface area contributed by atoms with Crippen molar-refractivity contribution in [2.75, 3.05) is 7.11 Å². The number of aryl methyl sites for hydroxylation is 2. The standard InChI is InChI=1S/C33H31O3.3C4H9.Sn/c1-21-17-22(2)19-25(18-21)31-29(20-30(36-31)24-7-11-26(12-8-24)33(3,4)5)32-28(15-16-35-32)23-9-13-27(34-6)14-10-23;3*1-3-4-2;/h7-15,17-20H,1-6H3;3*1,3-4H2,2H3;. The van der Waals surface area contributed by atoms with Gasteiger partial charge in [-0.2, -0.15) is 0 Å². The van der Waals surface area contributed by atoms with Crippen LogP contribution < -0.4 is 8.51 Å². The van der Waals surface area contributed by atoms with Gasteiger partial charge in [-0.15, -0.1) is 0 Å². The summed E-state index contributed by atoms with van der Waals surface area (Å²) < 4.78 is 25.3. The Bertz CT molecular complexity index is 1760. The van der Waals surface area contributed by atoms with Crippen molar-refractivity contribution in [3.8, 4) is 50.8 Å². The first-order valence-corrected chi connectivity index (χ1v) is 26.1. The molecule has 0 aliphatic rings. The van der Waals surface area contributed by atoms with Gasteiger partial charge in [0, 0.05) is 0 Å². The van der Waals surface area contributed by atoms with Crippen LogP contribution in [0.15, 0.2) is 87.7 Å². The fraction of sp³-hybridized carbons (Fsp3) is 0.422. The normalized spacial score (nSPS) is 12.1. The van der Waals surface area contributed by atoms with Gasteiger partial charge in [0.1, 0.15) is 0 Å². The zero-order valence-electron chi connectivity index (χ0n) is 31.6. The van der Waals surface area contributed by atoms with Crippen LogP contribution in [0.5, 0.6) is 5.75 Å². The summed E-state index contributed by atoms with van der Waals surface area (Å²) in [7, 11) is 1.73. The van der Waals surface area contributed by atoms with Crippen LogP contribution in [0.1, 0.15) is 96.8 Å². The average Bonchev–Trinajstić information content (AvgIpc) is 3.73. The number of methoxy groups -OCH3 is 1. The second kappa shape index (κ2) is 16.2. The summed E-state index contributed by atoms with van der Waals surface area (Å²) in [5.41, 5.74) is 9.33. The van der Waals surface area contributed by atoms with Crippen molar-refractivity contribution in [1.82, 2.24) is 0 Å². The SMILES string of the molecule is CCC[CH2][Sn]([CH2]CCC)([CH2]CCC)[c]1cc(-c2ccc(OC)cc2)c(-c2cc(-c3ccc(C(C)(C)C)cc3)oc2-c2cc(C)cc(C)c2)o1. The molecule has 0 saturated carbocycles. The van der Waals surface area contributed by atoms with Crippen molar-refractivity contribution in [3.63, 3.8) is 0 Å². The Labute approximate surface area is 300 Å². The number of hydrogen-bond donors (Lipinski definition) is 0. The summed E-state index contributed by atoms with van der Waals surface area (Å²) in [4.78, 5) is 0. The molecule has 49 heavy (non-hydrogen) atoms. The van der Waals surface area contributed by atoms with Gasteiger partial charge in [-0.25, -0.2) is 0 Å². The first-order chi connectivity index (χ1) is 23.5. The van der Waals surface area contributed by atoms with Gasteiger partial charge in [-0.3, -0.25) is 0 Å². The maximum atomic E-state index is 7.41. The van der Waals surface area contributed by atoms with Crippen molar-refractivity contribution in [1.29, 1.82) is 0 Å². The zero-order valence-corrected chi connectivity index (χ0v) is 34.4. The molecule has 0 spiro atoms. The molecule has 260 valence electrons. The molecule has 5 rings (SSSR count). The van der Waals surface area contributed by atoms with Crippen LogP contribution >= 0.6 is 0 Å². The molecule has 0 saturated heterocycles. The van der Waals surface area contributed by atoms with E-state index in [1.165, 1.54) is 72.3 Å². The van der Waals surface area contributed by atoms with E-state index in [1.54, 1.807) is 7.11 Å². The Morgan fingerprint density at radius 2 is 1.14 bits per heavy atom. The summed E-state index contributed by atoms with van der Waals surface area (Å²) in [5, 5.41) is 0. The third-order valence-electron chi connectivity index (χ3n) is 10.2. The first kappa shape index (κ1) is 37.1. The fourth-order valence-electron chi connectivity index (χ4n) is 7.28. The molecular formula is C45H58O3Sn. The quantitative estimate of drug-likeness (QED) is 0.0996. The van der Waals surface area contributed by atoms with Gasteiger partial charge in [0.2, 0.25) is 0 Å². The van der Waals surface area contributed by atoms with Crippen molar-refractivity contribution < 1.29 is 13.6 Å². The molecule has 3 nitrogen and oxygen atoms in total. The molecule has 3 aromatic carbocycles. The second-order valence-electron chi connectivity index (χ2n) is 15.2.